The molecule has 1 aromatic carbocycles. The van der Waals surface area contributed by atoms with Crippen LogP contribution < -0.4 is 5.90 Å². The molecule has 3 N–H and O–H groups in total. The Kier molecular flexibility index (Phi) is 5.08. The lowest BCUT2D eigenvalue weighted by Gasteiger charge is -2.20. The molecule has 1 aromatic rings. The molecule has 0 saturated carbocycles. The van der Waals surface area contributed by atoms with Crippen molar-refractivity contribution in [1.29, 1.82) is 0 Å². The smallest absolute Gasteiger partial charge is 0.0933 e. The monoisotopic (exact) mass is 217 g/mol. The van der Waals surface area contributed by atoms with Crippen LogP contribution in [0.4, 0.5) is 0 Å². The van der Waals surface area contributed by atoms with Gasteiger partial charge >= 0.3 is 0 Å². The Bertz CT molecular complexity index is 284. The first-order valence-electron chi connectivity index (χ1n) is 4.18. The summed E-state index contributed by atoms with van der Waals surface area (Å²) in [5.74, 6) is 4.99. The summed E-state index contributed by atoms with van der Waals surface area (Å²) in [6.45, 7) is 3.80. The Labute approximate surface area is 90.2 Å². The second-order valence-electron chi connectivity index (χ2n) is 3.53. The van der Waals surface area contributed by atoms with Crippen LogP contribution in [-0.4, -0.2) is 5.11 Å². The van der Waals surface area contributed by atoms with Gasteiger partial charge in [0.2, 0.25) is 0 Å². The average molecular weight is 218 g/mol. The molecule has 0 aliphatic rings. The van der Waals surface area contributed by atoms with Crippen LogP contribution in [0.15, 0.2) is 24.3 Å². The van der Waals surface area contributed by atoms with Gasteiger partial charge in [-0.25, -0.2) is 5.90 Å². The van der Waals surface area contributed by atoms with Crippen molar-refractivity contribution in [3.63, 3.8) is 0 Å². The SMILES string of the molecule is CC(C)(O)c1ccccc1CON.Cl. The van der Waals surface area contributed by atoms with E-state index in [0.717, 1.165) is 11.1 Å². The number of aliphatic hydroxyl groups is 1. The number of nitrogens with two attached hydrogens (primary N) is 1. The fourth-order valence-electron chi connectivity index (χ4n) is 1.33. The second kappa shape index (κ2) is 5.32. The molecule has 0 aliphatic heterocycles. The van der Waals surface area contributed by atoms with Gasteiger partial charge in [-0.2, -0.15) is 0 Å². The Balaban J connectivity index is 0.00000169. The number of benzene rings is 1. The minimum Gasteiger partial charge on any atom is -0.386 e. The van der Waals surface area contributed by atoms with Gasteiger partial charge in [0.1, 0.15) is 0 Å². The van der Waals surface area contributed by atoms with Crippen molar-refractivity contribution in [1.82, 2.24) is 0 Å². The van der Waals surface area contributed by atoms with Crippen LogP contribution >= 0.6 is 12.4 Å². The van der Waals surface area contributed by atoms with Crippen molar-refractivity contribution in [3.05, 3.63) is 35.4 Å². The molecule has 4 heteroatoms. The molecular weight excluding hydrogens is 202 g/mol. The van der Waals surface area contributed by atoms with E-state index in [4.69, 9.17) is 5.90 Å². The van der Waals surface area contributed by atoms with Gasteiger partial charge in [-0.05, 0) is 25.0 Å². The normalized spacial score (nSPS) is 10.9. The fraction of sp³-hybridized carbons (Fsp3) is 0.400. The Morgan fingerprint density at radius 3 is 2.43 bits per heavy atom. The lowest BCUT2D eigenvalue weighted by atomic mass is 9.94. The quantitative estimate of drug-likeness (QED) is 0.759. The predicted molar refractivity (Wildman–Crippen MR) is 57.9 cm³/mol. The molecule has 0 atom stereocenters. The first-order valence-corrected chi connectivity index (χ1v) is 4.18. The van der Waals surface area contributed by atoms with E-state index in [9.17, 15) is 5.11 Å². The highest BCUT2D eigenvalue weighted by Gasteiger charge is 2.18. The Morgan fingerprint density at radius 1 is 1.36 bits per heavy atom. The molecule has 1 rings (SSSR count). The van der Waals surface area contributed by atoms with Gasteiger partial charge in [-0.3, -0.25) is 4.84 Å². The summed E-state index contributed by atoms with van der Waals surface area (Å²) in [6, 6.07) is 7.53. The van der Waals surface area contributed by atoms with Crippen LogP contribution in [0, 0.1) is 0 Å². The number of rotatable bonds is 3. The van der Waals surface area contributed by atoms with Gasteiger partial charge in [-0.15, -0.1) is 12.4 Å². The maximum Gasteiger partial charge on any atom is 0.0933 e. The molecule has 0 aliphatic carbocycles. The first kappa shape index (κ1) is 13.4. The second-order valence-corrected chi connectivity index (χ2v) is 3.53. The van der Waals surface area contributed by atoms with E-state index in [-0.39, 0.29) is 12.4 Å². The molecule has 0 aromatic heterocycles. The highest BCUT2D eigenvalue weighted by molar-refractivity contribution is 5.85. The zero-order valence-electron chi connectivity index (χ0n) is 8.36. The average Bonchev–Trinajstić information content (AvgIpc) is 2.04. The van der Waals surface area contributed by atoms with Crippen LogP contribution in [0.3, 0.4) is 0 Å². The molecule has 0 saturated heterocycles. The minimum absolute atomic E-state index is 0. The molecule has 0 heterocycles. The predicted octanol–water partition coefficient (Wildman–Crippen LogP) is 1.73. The highest BCUT2D eigenvalue weighted by Crippen LogP contribution is 2.23. The summed E-state index contributed by atoms with van der Waals surface area (Å²) in [4.78, 5) is 4.55. The molecule has 0 bridgehead atoms. The van der Waals surface area contributed by atoms with Crippen LogP contribution in [0.5, 0.6) is 0 Å². The van der Waals surface area contributed by atoms with Crippen LogP contribution in [0.1, 0.15) is 25.0 Å². The van der Waals surface area contributed by atoms with Gasteiger partial charge in [0.15, 0.2) is 0 Å². The summed E-state index contributed by atoms with van der Waals surface area (Å²) >= 11 is 0. The number of halogens is 1. The third-order valence-corrected chi connectivity index (χ3v) is 1.92. The van der Waals surface area contributed by atoms with E-state index < -0.39 is 5.60 Å². The summed E-state index contributed by atoms with van der Waals surface area (Å²) in [5, 5.41) is 9.80. The van der Waals surface area contributed by atoms with Crippen molar-refractivity contribution < 1.29 is 9.94 Å². The van der Waals surface area contributed by atoms with Crippen LogP contribution in [-0.2, 0) is 17.0 Å². The van der Waals surface area contributed by atoms with Crippen molar-refractivity contribution in [2.75, 3.05) is 0 Å². The van der Waals surface area contributed by atoms with Gasteiger partial charge in [0.05, 0.1) is 12.2 Å². The van der Waals surface area contributed by atoms with Gasteiger partial charge < -0.3 is 5.11 Å². The molecule has 3 nitrogen and oxygen atoms in total. The van der Waals surface area contributed by atoms with E-state index in [0.29, 0.717) is 6.61 Å². The number of hydrogen-bond acceptors (Lipinski definition) is 3. The zero-order valence-corrected chi connectivity index (χ0v) is 9.17. The highest BCUT2D eigenvalue weighted by atomic mass is 35.5. The minimum atomic E-state index is -0.852. The van der Waals surface area contributed by atoms with Crippen molar-refractivity contribution in [3.8, 4) is 0 Å². The van der Waals surface area contributed by atoms with Gasteiger partial charge in [0.25, 0.3) is 0 Å². The molecule has 14 heavy (non-hydrogen) atoms. The van der Waals surface area contributed by atoms with Crippen LogP contribution in [0.25, 0.3) is 0 Å². The van der Waals surface area contributed by atoms with E-state index >= 15 is 0 Å². The van der Waals surface area contributed by atoms with Gasteiger partial charge in [0, 0.05) is 0 Å². The van der Waals surface area contributed by atoms with Crippen molar-refractivity contribution in [2.45, 2.75) is 26.1 Å². The first-order chi connectivity index (χ1) is 6.05. The molecular formula is C10H16ClNO2. The van der Waals surface area contributed by atoms with Crippen LogP contribution in [0.2, 0.25) is 0 Å². The third kappa shape index (κ3) is 3.27. The summed E-state index contributed by atoms with van der Waals surface area (Å²) in [6.07, 6.45) is 0. The summed E-state index contributed by atoms with van der Waals surface area (Å²) in [5.41, 5.74) is 0.910. The Hall–Kier alpha value is -0.610. The van der Waals surface area contributed by atoms with Crippen molar-refractivity contribution >= 4 is 12.4 Å². The van der Waals surface area contributed by atoms with Crippen molar-refractivity contribution in [2.24, 2.45) is 5.90 Å². The topological polar surface area (TPSA) is 55.5 Å². The third-order valence-electron chi connectivity index (χ3n) is 1.92. The van der Waals surface area contributed by atoms with E-state index in [1.54, 1.807) is 13.8 Å². The summed E-state index contributed by atoms with van der Waals surface area (Å²) < 4.78 is 0. The lowest BCUT2D eigenvalue weighted by molar-refractivity contribution is 0.0714. The molecule has 0 fully saturated rings. The lowest BCUT2D eigenvalue weighted by Crippen LogP contribution is -2.18. The van der Waals surface area contributed by atoms with Gasteiger partial charge in [-0.1, -0.05) is 24.3 Å². The summed E-state index contributed by atoms with van der Waals surface area (Å²) in [7, 11) is 0. The number of hydrogen-bond donors (Lipinski definition) is 2. The molecule has 80 valence electrons. The zero-order chi connectivity index (χ0) is 9.90. The molecule has 0 amide bonds. The largest absolute Gasteiger partial charge is 0.386 e. The fourth-order valence-corrected chi connectivity index (χ4v) is 1.33. The molecule has 0 unspecified atom stereocenters. The Morgan fingerprint density at radius 2 is 1.93 bits per heavy atom. The standard InChI is InChI=1S/C10H15NO2.ClH/c1-10(2,12)9-6-4-3-5-8(9)7-13-11;/h3-6,12H,7,11H2,1-2H3;1H. The molecule has 0 spiro atoms. The van der Waals surface area contributed by atoms with E-state index in [1.807, 2.05) is 24.3 Å². The maximum atomic E-state index is 9.80. The van der Waals surface area contributed by atoms with E-state index in [2.05, 4.69) is 4.84 Å². The van der Waals surface area contributed by atoms with E-state index in [1.165, 1.54) is 0 Å². The maximum absolute atomic E-state index is 9.80. The molecule has 0 radical (unpaired) electrons.